The van der Waals surface area contributed by atoms with Crippen LogP contribution in [0.25, 0.3) is 11.3 Å². The molecule has 3 aliphatic carbocycles. The smallest absolute Gasteiger partial charge is 0.405 e. The number of nitrogens with zero attached hydrogens (tertiary/aromatic N) is 1. The molecule has 2 bridgehead atoms. The van der Waals surface area contributed by atoms with E-state index in [1.54, 1.807) is 12.1 Å². The first-order valence-corrected chi connectivity index (χ1v) is 10.4. The highest BCUT2D eigenvalue weighted by atomic mass is 19.4. The molecule has 4 nitrogen and oxygen atoms in total. The van der Waals surface area contributed by atoms with Gasteiger partial charge in [0.15, 0.2) is 0 Å². The molecule has 3 aliphatic rings. The molecule has 2 unspecified atom stereocenters. The first kappa shape index (κ1) is 19.0. The molecule has 0 N–H and O–H groups in total. The third-order valence-electron chi connectivity index (χ3n) is 6.44. The summed E-state index contributed by atoms with van der Waals surface area (Å²) in [5, 5.41) is 4.14. The van der Waals surface area contributed by atoms with Crippen LogP contribution < -0.4 is 4.74 Å². The van der Waals surface area contributed by atoms with Gasteiger partial charge in [-0.25, -0.2) is 0 Å². The van der Waals surface area contributed by atoms with Crippen molar-refractivity contribution in [1.82, 2.24) is 5.16 Å². The van der Waals surface area contributed by atoms with Gasteiger partial charge in [0, 0.05) is 17.0 Å². The highest BCUT2D eigenvalue weighted by molar-refractivity contribution is 5.70. The SMILES string of the molecule is FC(F)(F)Oc1ccccc1-c1noc(C2CC2)c1COC1CC2CC[C@@H](C2)C1. The molecule has 156 valence electrons. The van der Waals surface area contributed by atoms with Gasteiger partial charge in [0.05, 0.1) is 12.7 Å². The Morgan fingerprint density at radius 2 is 1.72 bits per heavy atom. The molecule has 29 heavy (non-hydrogen) atoms. The number of rotatable bonds is 6. The molecule has 0 spiro atoms. The van der Waals surface area contributed by atoms with Gasteiger partial charge >= 0.3 is 6.36 Å². The molecule has 3 atom stereocenters. The topological polar surface area (TPSA) is 44.5 Å². The average molecular weight is 407 g/mol. The fourth-order valence-corrected chi connectivity index (χ4v) is 5.00. The van der Waals surface area contributed by atoms with E-state index in [1.165, 1.54) is 31.4 Å². The molecule has 0 amide bonds. The van der Waals surface area contributed by atoms with Crippen LogP contribution in [-0.2, 0) is 11.3 Å². The molecule has 0 aliphatic heterocycles. The third-order valence-corrected chi connectivity index (χ3v) is 6.44. The molecule has 2 aromatic rings. The van der Waals surface area contributed by atoms with Gasteiger partial charge in [-0.3, -0.25) is 0 Å². The second kappa shape index (κ2) is 7.35. The Morgan fingerprint density at radius 3 is 2.41 bits per heavy atom. The summed E-state index contributed by atoms with van der Waals surface area (Å²) in [4.78, 5) is 0. The number of alkyl halides is 3. The summed E-state index contributed by atoms with van der Waals surface area (Å²) in [6.07, 6.45) is 3.50. The highest BCUT2D eigenvalue weighted by Gasteiger charge is 2.37. The van der Waals surface area contributed by atoms with Crippen LogP contribution >= 0.6 is 0 Å². The lowest BCUT2D eigenvalue weighted by molar-refractivity contribution is -0.274. The fourth-order valence-electron chi connectivity index (χ4n) is 5.00. The monoisotopic (exact) mass is 407 g/mol. The number of aromatic nitrogens is 1. The third kappa shape index (κ3) is 4.15. The van der Waals surface area contributed by atoms with Crippen LogP contribution in [0.4, 0.5) is 13.2 Å². The largest absolute Gasteiger partial charge is 0.573 e. The first-order chi connectivity index (χ1) is 14.0. The number of benzene rings is 1. The molecule has 1 aromatic carbocycles. The Labute approximate surface area is 167 Å². The fraction of sp³-hybridized carbons (Fsp3) is 0.591. The predicted molar refractivity (Wildman–Crippen MR) is 99.2 cm³/mol. The molecule has 1 heterocycles. The molecular weight excluding hydrogens is 383 g/mol. The van der Waals surface area contributed by atoms with E-state index < -0.39 is 6.36 Å². The second-order valence-electron chi connectivity index (χ2n) is 8.64. The van der Waals surface area contributed by atoms with Crippen LogP contribution in [0.1, 0.15) is 62.2 Å². The number of hydrogen-bond donors (Lipinski definition) is 0. The maximum Gasteiger partial charge on any atom is 0.573 e. The van der Waals surface area contributed by atoms with E-state index in [-0.39, 0.29) is 23.3 Å². The molecule has 7 heteroatoms. The molecular formula is C22H24F3NO3. The van der Waals surface area contributed by atoms with Gasteiger partial charge < -0.3 is 14.0 Å². The van der Waals surface area contributed by atoms with Crippen molar-refractivity contribution in [3.8, 4) is 17.0 Å². The van der Waals surface area contributed by atoms with E-state index in [0.29, 0.717) is 12.3 Å². The van der Waals surface area contributed by atoms with E-state index in [2.05, 4.69) is 9.89 Å². The Bertz CT molecular complexity index is 862. The van der Waals surface area contributed by atoms with E-state index >= 15 is 0 Å². The molecule has 5 rings (SSSR count). The zero-order valence-electron chi connectivity index (χ0n) is 16.1. The van der Waals surface area contributed by atoms with Gasteiger partial charge in [-0.15, -0.1) is 13.2 Å². The molecule has 3 fully saturated rings. The lowest BCUT2D eigenvalue weighted by Crippen LogP contribution is -2.23. The minimum atomic E-state index is -4.77. The Kier molecular flexibility index (Phi) is 4.81. The zero-order valence-corrected chi connectivity index (χ0v) is 16.1. The van der Waals surface area contributed by atoms with Gasteiger partial charge in [-0.05, 0) is 56.1 Å². The normalized spacial score (nSPS) is 26.7. The zero-order chi connectivity index (χ0) is 20.0. The lowest BCUT2D eigenvalue weighted by atomic mass is 9.87. The van der Waals surface area contributed by atoms with Crippen molar-refractivity contribution in [2.45, 2.75) is 69.9 Å². The average Bonchev–Trinajstić information content (AvgIpc) is 3.35. The number of hydrogen-bond acceptors (Lipinski definition) is 4. The van der Waals surface area contributed by atoms with Gasteiger partial charge in [-0.2, -0.15) is 0 Å². The minimum Gasteiger partial charge on any atom is -0.405 e. The number of para-hydroxylation sites is 1. The van der Waals surface area contributed by atoms with E-state index in [0.717, 1.165) is 48.8 Å². The Balaban J connectivity index is 1.41. The van der Waals surface area contributed by atoms with Crippen LogP contribution in [-0.4, -0.2) is 17.6 Å². The first-order valence-electron chi connectivity index (χ1n) is 10.4. The number of halogens is 3. The predicted octanol–water partition coefficient (Wildman–Crippen LogP) is 6.21. The van der Waals surface area contributed by atoms with Gasteiger partial charge in [0.2, 0.25) is 0 Å². The maximum absolute atomic E-state index is 12.9. The summed E-state index contributed by atoms with van der Waals surface area (Å²) in [7, 11) is 0. The van der Waals surface area contributed by atoms with Crippen LogP contribution in [0.2, 0.25) is 0 Å². The van der Waals surface area contributed by atoms with Crippen LogP contribution in [0.3, 0.4) is 0 Å². The minimum absolute atomic E-state index is 0.206. The van der Waals surface area contributed by atoms with Crippen molar-refractivity contribution < 1.29 is 27.2 Å². The quantitative estimate of drug-likeness (QED) is 0.571. The lowest BCUT2D eigenvalue weighted by Gasteiger charge is -2.27. The number of ether oxygens (including phenoxy) is 2. The van der Waals surface area contributed by atoms with Crippen molar-refractivity contribution in [3.63, 3.8) is 0 Å². The van der Waals surface area contributed by atoms with Gasteiger partial charge in [-0.1, -0.05) is 30.1 Å². The summed E-state index contributed by atoms with van der Waals surface area (Å²) in [6, 6.07) is 6.08. The standard InChI is InChI=1S/C22H24F3NO3/c23-22(24,25)28-19-4-2-1-3-17(19)20-18(21(29-26-20)15-7-8-15)12-27-16-10-13-5-6-14(9-13)11-16/h1-4,13-16H,5-12H2/t13-,14?,16?/m0/s1. The Morgan fingerprint density at radius 1 is 1.00 bits per heavy atom. The summed E-state index contributed by atoms with van der Waals surface area (Å²) in [6.45, 7) is 0.315. The summed E-state index contributed by atoms with van der Waals surface area (Å²) in [5.74, 6) is 2.27. The highest BCUT2D eigenvalue weighted by Crippen LogP contribution is 2.47. The molecule has 0 saturated heterocycles. The van der Waals surface area contributed by atoms with Gasteiger partial charge in [0.1, 0.15) is 17.2 Å². The van der Waals surface area contributed by atoms with E-state index in [4.69, 9.17) is 9.26 Å². The van der Waals surface area contributed by atoms with Crippen molar-refractivity contribution in [1.29, 1.82) is 0 Å². The van der Waals surface area contributed by atoms with Crippen molar-refractivity contribution in [2.24, 2.45) is 11.8 Å². The van der Waals surface area contributed by atoms with Crippen LogP contribution in [0.5, 0.6) is 5.75 Å². The molecule has 3 saturated carbocycles. The van der Waals surface area contributed by atoms with Crippen molar-refractivity contribution >= 4 is 0 Å². The van der Waals surface area contributed by atoms with Crippen molar-refractivity contribution in [3.05, 3.63) is 35.6 Å². The van der Waals surface area contributed by atoms with Crippen LogP contribution in [0.15, 0.2) is 28.8 Å². The summed E-state index contributed by atoms with van der Waals surface area (Å²) in [5.41, 5.74) is 1.44. The second-order valence-corrected chi connectivity index (χ2v) is 8.64. The van der Waals surface area contributed by atoms with Gasteiger partial charge in [0.25, 0.3) is 0 Å². The maximum atomic E-state index is 12.9. The summed E-state index contributed by atoms with van der Waals surface area (Å²) >= 11 is 0. The van der Waals surface area contributed by atoms with Crippen LogP contribution in [0, 0.1) is 11.8 Å². The molecule has 1 aromatic heterocycles. The van der Waals surface area contributed by atoms with E-state index in [9.17, 15) is 13.2 Å². The van der Waals surface area contributed by atoms with Crippen molar-refractivity contribution in [2.75, 3.05) is 0 Å². The van der Waals surface area contributed by atoms with E-state index in [1.807, 2.05) is 0 Å². The Hall–Kier alpha value is -2.02. The number of fused-ring (bicyclic) bond motifs is 2. The summed E-state index contributed by atoms with van der Waals surface area (Å²) < 4.78 is 54.7. The molecule has 0 radical (unpaired) electrons.